The largest absolute Gasteiger partial charge is 0.481 e. The summed E-state index contributed by atoms with van der Waals surface area (Å²) in [6.07, 6.45) is 3.23. The van der Waals surface area contributed by atoms with Crippen molar-refractivity contribution in [3.05, 3.63) is 65.7 Å². The van der Waals surface area contributed by atoms with E-state index < -0.39 is 11.4 Å². The van der Waals surface area contributed by atoms with Crippen LogP contribution in [-0.4, -0.2) is 35.1 Å². The molecule has 27 heavy (non-hydrogen) atoms. The van der Waals surface area contributed by atoms with Crippen molar-refractivity contribution < 1.29 is 14.7 Å². The molecule has 0 unspecified atom stereocenters. The number of benzene rings is 2. The Morgan fingerprint density at radius 2 is 1.85 bits per heavy atom. The Labute approximate surface area is 159 Å². The molecule has 2 aromatic rings. The fraction of sp³-hybridized carbons (Fsp3) is 0.364. The molecule has 0 aromatic heterocycles. The third-order valence-corrected chi connectivity index (χ3v) is 6.08. The van der Waals surface area contributed by atoms with Gasteiger partial charge < -0.3 is 15.3 Å². The van der Waals surface area contributed by atoms with Gasteiger partial charge in [0.2, 0.25) is 0 Å². The number of nitrogens with one attached hydrogen (secondary N) is 1. The molecule has 5 heteroatoms. The van der Waals surface area contributed by atoms with Crippen molar-refractivity contribution in [2.75, 3.05) is 18.4 Å². The molecule has 2 aromatic carbocycles. The summed E-state index contributed by atoms with van der Waals surface area (Å²) in [4.78, 5) is 26.3. The molecule has 2 amide bonds. The van der Waals surface area contributed by atoms with Gasteiger partial charge in [-0.25, -0.2) is 4.79 Å². The zero-order valence-electron chi connectivity index (χ0n) is 15.2. The van der Waals surface area contributed by atoms with Crippen molar-refractivity contribution in [3.8, 4) is 0 Å². The second-order valence-electron chi connectivity index (χ2n) is 7.68. The molecule has 1 aliphatic heterocycles. The van der Waals surface area contributed by atoms with Gasteiger partial charge in [0, 0.05) is 18.8 Å². The predicted molar refractivity (Wildman–Crippen MR) is 104 cm³/mol. The third kappa shape index (κ3) is 3.29. The zero-order valence-corrected chi connectivity index (χ0v) is 15.2. The van der Waals surface area contributed by atoms with Crippen LogP contribution in [0.5, 0.6) is 0 Å². The van der Waals surface area contributed by atoms with E-state index in [1.54, 1.807) is 4.90 Å². The number of urea groups is 1. The van der Waals surface area contributed by atoms with Crippen LogP contribution in [0.15, 0.2) is 54.6 Å². The van der Waals surface area contributed by atoms with Gasteiger partial charge in [-0.2, -0.15) is 0 Å². The SMILES string of the molecule is O=C(Nc1ccccc1Cc1ccccc1)N1C[C@@H]2CCC[C@@]2(C(=O)O)C1. The topological polar surface area (TPSA) is 69.6 Å². The molecule has 4 rings (SSSR count). The van der Waals surface area contributed by atoms with Gasteiger partial charge in [-0.15, -0.1) is 0 Å². The smallest absolute Gasteiger partial charge is 0.321 e. The van der Waals surface area contributed by atoms with E-state index in [-0.39, 0.29) is 11.9 Å². The van der Waals surface area contributed by atoms with E-state index in [1.807, 2.05) is 42.5 Å². The summed E-state index contributed by atoms with van der Waals surface area (Å²) in [6.45, 7) is 0.832. The molecular formula is C22H24N2O3. The van der Waals surface area contributed by atoms with E-state index >= 15 is 0 Å². The number of carboxylic acid groups (broad SMARTS) is 1. The molecule has 1 heterocycles. The van der Waals surface area contributed by atoms with Crippen LogP contribution in [0.25, 0.3) is 0 Å². The Bertz CT molecular complexity index is 852. The molecule has 140 valence electrons. The molecule has 2 N–H and O–H groups in total. The summed E-state index contributed by atoms with van der Waals surface area (Å²) in [6, 6.07) is 17.7. The van der Waals surface area contributed by atoms with Crippen LogP contribution in [0, 0.1) is 11.3 Å². The number of hydrogen-bond donors (Lipinski definition) is 2. The highest BCUT2D eigenvalue weighted by atomic mass is 16.4. The molecular weight excluding hydrogens is 340 g/mol. The van der Waals surface area contributed by atoms with Crippen LogP contribution in [0.3, 0.4) is 0 Å². The number of likely N-dealkylation sites (tertiary alicyclic amines) is 1. The van der Waals surface area contributed by atoms with Gasteiger partial charge in [0.1, 0.15) is 0 Å². The highest BCUT2D eigenvalue weighted by Gasteiger charge is 2.55. The number of fused-ring (bicyclic) bond motifs is 1. The predicted octanol–water partition coefficient (Wildman–Crippen LogP) is 4.00. The Kier molecular flexibility index (Phi) is 4.60. The van der Waals surface area contributed by atoms with Crippen molar-refractivity contribution >= 4 is 17.7 Å². The number of carboxylic acids is 1. The van der Waals surface area contributed by atoms with E-state index in [0.29, 0.717) is 19.5 Å². The lowest BCUT2D eigenvalue weighted by Crippen LogP contribution is -2.38. The number of rotatable bonds is 4. The molecule has 0 spiro atoms. The van der Waals surface area contributed by atoms with Gasteiger partial charge in [0.25, 0.3) is 0 Å². The number of hydrogen-bond acceptors (Lipinski definition) is 2. The van der Waals surface area contributed by atoms with Crippen LogP contribution in [-0.2, 0) is 11.2 Å². The van der Waals surface area contributed by atoms with Crippen LogP contribution >= 0.6 is 0 Å². The maximum atomic E-state index is 12.8. The first-order valence-electron chi connectivity index (χ1n) is 9.50. The lowest BCUT2D eigenvalue weighted by molar-refractivity contribution is -0.149. The van der Waals surface area contributed by atoms with E-state index in [4.69, 9.17) is 0 Å². The number of para-hydroxylation sites is 1. The molecule has 5 nitrogen and oxygen atoms in total. The number of aliphatic carboxylic acids is 1. The summed E-state index contributed by atoms with van der Waals surface area (Å²) in [7, 11) is 0. The lowest BCUT2D eigenvalue weighted by Gasteiger charge is -2.23. The van der Waals surface area contributed by atoms with Gasteiger partial charge in [-0.05, 0) is 42.4 Å². The van der Waals surface area contributed by atoms with Crippen LogP contribution in [0.1, 0.15) is 30.4 Å². The molecule has 1 aliphatic carbocycles. The minimum Gasteiger partial charge on any atom is -0.481 e. The van der Waals surface area contributed by atoms with Crippen molar-refractivity contribution in [2.45, 2.75) is 25.7 Å². The quantitative estimate of drug-likeness (QED) is 0.862. The highest BCUT2D eigenvalue weighted by Crippen LogP contribution is 2.49. The average molecular weight is 364 g/mol. The van der Waals surface area contributed by atoms with E-state index in [0.717, 1.165) is 30.5 Å². The van der Waals surface area contributed by atoms with E-state index in [9.17, 15) is 14.7 Å². The van der Waals surface area contributed by atoms with Gasteiger partial charge in [-0.1, -0.05) is 55.0 Å². The van der Waals surface area contributed by atoms with Crippen LogP contribution < -0.4 is 5.32 Å². The summed E-state index contributed by atoms with van der Waals surface area (Å²) < 4.78 is 0. The van der Waals surface area contributed by atoms with Crippen molar-refractivity contribution in [1.82, 2.24) is 4.90 Å². The minimum absolute atomic E-state index is 0.0697. The van der Waals surface area contributed by atoms with Crippen molar-refractivity contribution in [2.24, 2.45) is 11.3 Å². The van der Waals surface area contributed by atoms with Gasteiger partial charge in [-0.3, -0.25) is 4.79 Å². The number of carbonyl (C=O) groups is 2. The maximum Gasteiger partial charge on any atom is 0.321 e. The summed E-state index contributed by atoms with van der Waals surface area (Å²) in [5.74, 6) is -0.690. The van der Waals surface area contributed by atoms with Crippen LogP contribution in [0.2, 0.25) is 0 Å². The third-order valence-electron chi connectivity index (χ3n) is 6.08. The first kappa shape index (κ1) is 17.6. The maximum absolute atomic E-state index is 12.8. The highest BCUT2D eigenvalue weighted by molar-refractivity contribution is 5.91. The fourth-order valence-electron chi connectivity index (χ4n) is 4.60. The van der Waals surface area contributed by atoms with Crippen LogP contribution in [0.4, 0.5) is 10.5 Å². The van der Waals surface area contributed by atoms with Gasteiger partial charge in [0.15, 0.2) is 0 Å². The molecule has 2 fully saturated rings. The normalized spacial score (nSPS) is 23.9. The minimum atomic E-state index is -0.759. The monoisotopic (exact) mass is 364 g/mol. The molecule has 2 aliphatic rings. The second-order valence-corrected chi connectivity index (χ2v) is 7.68. The van der Waals surface area contributed by atoms with Crippen molar-refractivity contribution in [3.63, 3.8) is 0 Å². The van der Waals surface area contributed by atoms with E-state index in [2.05, 4.69) is 17.4 Å². The summed E-state index contributed by atoms with van der Waals surface area (Å²) >= 11 is 0. The molecule has 0 radical (unpaired) electrons. The molecule has 0 bridgehead atoms. The Hall–Kier alpha value is -2.82. The van der Waals surface area contributed by atoms with Gasteiger partial charge >= 0.3 is 12.0 Å². The molecule has 1 saturated carbocycles. The number of anilines is 1. The summed E-state index contributed by atoms with van der Waals surface area (Å²) in [5.41, 5.74) is 2.26. The van der Waals surface area contributed by atoms with E-state index in [1.165, 1.54) is 5.56 Å². The number of carbonyl (C=O) groups excluding carboxylic acids is 1. The Balaban J connectivity index is 1.49. The molecule has 2 atom stereocenters. The lowest BCUT2D eigenvalue weighted by atomic mass is 9.81. The number of amides is 2. The first-order valence-corrected chi connectivity index (χ1v) is 9.50. The Morgan fingerprint density at radius 3 is 2.59 bits per heavy atom. The average Bonchev–Trinajstić information content (AvgIpc) is 3.23. The van der Waals surface area contributed by atoms with Crippen molar-refractivity contribution in [1.29, 1.82) is 0 Å². The molecule has 1 saturated heterocycles. The van der Waals surface area contributed by atoms with Gasteiger partial charge in [0.05, 0.1) is 5.41 Å². The first-order chi connectivity index (χ1) is 13.1. The fourth-order valence-corrected chi connectivity index (χ4v) is 4.60. The Morgan fingerprint density at radius 1 is 1.11 bits per heavy atom. The zero-order chi connectivity index (χ0) is 18.9. The second kappa shape index (κ2) is 7.06. The standard InChI is InChI=1S/C22H24N2O3/c25-20(26)22-12-6-10-18(22)14-24(15-22)21(27)23-19-11-5-4-9-17(19)13-16-7-2-1-3-8-16/h1-5,7-9,11,18H,6,10,12-15H2,(H,23,27)(H,25,26)/t18-,22+/m0/s1. The summed E-state index contributed by atoms with van der Waals surface area (Å²) in [5, 5.41) is 12.7. The number of nitrogens with zero attached hydrogens (tertiary/aromatic N) is 1.